The Kier molecular flexibility index (Phi) is 4.20. The summed E-state index contributed by atoms with van der Waals surface area (Å²) in [4.78, 5) is 0. The molecule has 78 valence electrons. The molecule has 13 heavy (non-hydrogen) atoms. The van der Waals surface area contributed by atoms with E-state index in [9.17, 15) is 0 Å². The van der Waals surface area contributed by atoms with Gasteiger partial charge in [-0.3, -0.25) is 0 Å². The van der Waals surface area contributed by atoms with E-state index in [1.165, 1.54) is 25.7 Å². The van der Waals surface area contributed by atoms with E-state index in [-0.39, 0.29) is 11.9 Å². The van der Waals surface area contributed by atoms with E-state index in [4.69, 9.17) is 9.47 Å². The highest BCUT2D eigenvalue weighted by Crippen LogP contribution is 2.28. The van der Waals surface area contributed by atoms with E-state index in [1.807, 2.05) is 0 Å². The van der Waals surface area contributed by atoms with Crippen LogP contribution in [0.5, 0.6) is 0 Å². The van der Waals surface area contributed by atoms with Crippen molar-refractivity contribution in [1.82, 2.24) is 0 Å². The molecule has 1 aliphatic rings. The largest absolute Gasteiger partial charge is 0.348 e. The number of ether oxygens (including phenoxy) is 2. The summed E-state index contributed by atoms with van der Waals surface area (Å²) >= 11 is 0. The zero-order valence-corrected chi connectivity index (χ0v) is 9.14. The van der Waals surface area contributed by atoms with Crippen LogP contribution in [0.4, 0.5) is 0 Å². The van der Waals surface area contributed by atoms with Crippen LogP contribution in [0.2, 0.25) is 0 Å². The van der Waals surface area contributed by atoms with Gasteiger partial charge in [0.2, 0.25) is 0 Å². The van der Waals surface area contributed by atoms with Crippen LogP contribution in [0, 0.1) is 0 Å². The Morgan fingerprint density at radius 2 is 2.08 bits per heavy atom. The third-order valence-corrected chi connectivity index (χ3v) is 2.56. The lowest BCUT2D eigenvalue weighted by molar-refractivity contribution is -0.157. The Labute approximate surface area is 81.6 Å². The van der Waals surface area contributed by atoms with Crippen LogP contribution in [0.1, 0.15) is 52.9 Å². The van der Waals surface area contributed by atoms with Crippen molar-refractivity contribution in [1.29, 1.82) is 0 Å². The van der Waals surface area contributed by atoms with Crippen LogP contribution >= 0.6 is 0 Å². The average molecular weight is 186 g/mol. The molecule has 1 fully saturated rings. The van der Waals surface area contributed by atoms with Crippen molar-refractivity contribution >= 4 is 0 Å². The third kappa shape index (κ3) is 3.65. The maximum Gasteiger partial charge on any atom is 0.166 e. The fourth-order valence-electron chi connectivity index (χ4n) is 1.79. The number of rotatable bonds is 5. The van der Waals surface area contributed by atoms with E-state index in [1.54, 1.807) is 0 Å². The van der Waals surface area contributed by atoms with Gasteiger partial charge in [-0.2, -0.15) is 0 Å². The molecule has 0 aromatic rings. The molecule has 2 heteroatoms. The molecule has 1 heterocycles. The maximum absolute atomic E-state index is 5.71. The molecule has 1 saturated heterocycles. The number of unbranched alkanes of at least 4 members (excludes halogenated alkanes) is 3. The van der Waals surface area contributed by atoms with Gasteiger partial charge < -0.3 is 9.47 Å². The Balaban J connectivity index is 2.12. The molecule has 0 radical (unpaired) electrons. The predicted octanol–water partition coefficient (Wildman–Crippen LogP) is 3.11. The first-order valence-corrected chi connectivity index (χ1v) is 5.48. The van der Waals surface area contributed by atoms with Crippen molar-refractivity contribution in [3.8, 4) is 0 Å². The molecule has 0 bridgehead atoms. The van der Waals surface area contributed by atoms with E-state index in [0.29, 0.717) is 0 Å². The molecule has 0 aromatic heterocycles. The second kappa shape index (κ2) is 4.97. The Bertz CT molecular complexity index is 147. The Hall–Kier alpha value is -0.0800. The smallest absolute Gasteiger partial charge is 0.166 e. The molecular weight excluding hydrogens is 164 g/mol. The summed E-state index contributed by atoms with van der Waals surface area (Å²) in [6.45, 7) is 7.11. The molecule has 0 amide bonds. The van der Waals surface area contributed by atoms with E-state index in [2.05, 4.69) is 20.8 Å². The van der Waals surface area contributed by atoms with E-state index in [0.717, 1.165) is 13.0 Å². The van der Waals surface area contributed by atoms with Crippen molar-refractivity contribution < 1.29 is 9.47 Å². The molecule has 2 nitrogen and oxygen atoms in total. The minimum absolute atomic E-state index is 0.274. The zero-order chi connectivity index (χ0) is 9.73. The van der Waals surface area contributed by atoms with Crippen molar-refractivity contribution in [2.45, 2.75) is 64.8 Å². The monoisotopic (exact) mass is 186 g/mol. The Morgan fingerprint density at radius 1 is 1.31 bits per heavy atom. The fraction of sp³-hybridized carbons (Fsp3) is 1.00. The van der Waals surface area contributed by atoms with Crippen molar-refractivity contribution in [3.05, 3.63) is 0 Å². The van der Waals surface area contributed by atoms with Crippen LogP contribution in [-0.4, -0.2) is 18.5 Å². The summed E-state index contributed by atoms with van der Waals surface area (Å²) in [5.74, 6) is -0.285. The second-order valence-electron chi connectivity index (χ2n) is 4.18. The van der Waals surface area contributed by atoms with Gasteiger partial charge in [-0.1, -0.05) is 26.2 Å². The van der Waals surface area contributed by atoms with Crippen molar-refractivity contribution in [3.63, 3.8) is 0 Å². The van der Waals surface area contributed by atoms with Crippen molar-refractivity contribution in [2.24, 2.45) is 0 Å². The highest BCUT2D eigenvalue weighted by atomic mass is 16.7. The lowest BCUT2D eigenvalue weighted by Gasteiger charge is -2.22. The molecule has 0 saturated carbocycles. The number of hydrogen-bond donors (Lipinski definition) is 0. The fourth-order valence-corrected chi connectivity index (χ4v) is 1.79. The lowest BCUT2D eigenvalue weighted by Crippen LogP contribution is -2.25. The molecular formula is C11H22O2. The minimum atomic E-state index is -0.285. The second-order valence-corrected chi connectivity index (χ2v) is 4.18. The van der Waals surface area contributed by atoms with Gasteiger partial charge in [-0.15, -0.1) is 0 Å². The van der Waals surface area contributed by atoms with Gasteiger partial charge in [-0.25, -0.2) is 0 Å². The van der Waals surface area contributed by atoms with Crippen LogP contribution in [0.25, 0.3) is 0 Å². The zero-order valence-electron chi connectivity index (χ0n) is 9.14. The van der Waals surface area contributed by atoms with Crippen LogP contribution in [0.3, 0.4) is 0 Å². The molecule has 0 unspecified atom stereocenters. The maximum atomic E-state index is 5.71. The van der Waals surface area contributed by atoms with Gasteiger partial charge in [0.15, 0.2) is 5.79 Å². The summed E-state index contributed by atoms with van der Waals surface area (Å²) < 4.78 is 11.3. The molecule has 1 aliphatic heterocycles. The first kappa shape index (κ1) is 11.0. The van der Waals surface area contributed by atoms with Crippen molar-refractivity contribution in [2.75, 3.05) is 6.61 Å². The van der Waals surface area contributed by atoms with Gasteiger partial charge in [0.1, 0.15) is 0 Å². The number of hydrogen-bond acceptors (Lipinski definition) is 2. The van der Waals surface area contributed by atoms with E-state index >= 15 is 0 Å². The first-order valence-electron chi connectivity index (χ1n) is 5.48. The molecule has 0 aliphatic carbocycles. The summed E-state index contributed by atoms with van der Waals surface area (Å²) in [7, 11) is 0. The first-order chi connectivity index (χ1) is 6.16. The van der Waals surface area contributed by atoms with Crippen LogP contribution in [0.15, 0.2) is 0 Å². The highest BCUT2D eigenvalue weighted by Gasteiger charge is 2.34. The molecule has 2 atom stereocenters. The highest BCUT2D eigenvalue weighted by molar-refractivity contribution is 4.72. The quantitative estimate of drug-likeness (QED) is 0.614. The Morgan fingerprint density at radius 3 is 2.62 bits per heavy atom. The summed E-state index contributed by atoms with van der Waals surface area (Å²) in [5.41, 5.74) is 0. The molecule has 0 aromatic carbocycles. The van der Waals surface area contributed by atoms with E-state index < -0.39 is 0 Å². The van der Waals surface area contributed by atoms with Gasteiger partial charge >= 0.3 is 0 Å². The van der Waals surface area contributed by atoms with Gasteiger partial charge in [0, 0.05) is 6.42 Å². The average Bonchev–Trinajstić information content (AvgIpc) is 2.41. The summed E-state index contributed by atoms with van der Waals surface area (Å²) in [5, 5.41) is 0. The van der Waals surface area contributed by atoms with Crippen LogP contribution in [-0.2, 0) is 9.47 Å². The molecule has 1 rings (SSSR count). The minimum Gasteiger partial charge on any atom is -0.348 e. The molecule has 0 N–H and O–H groups in total. The standard InChI is InChI=1S/C11H22O2/c1-4-5-6-7-8-11(3)12-9-10(2)13-11/h10H,4-9H2,1-3H3/t10-,11+/m0/s1. The van der Waals surface area contributed by atoms with Gasteiger partial charge in [0.05, 0.1) is 12.7 Å². The summed E-state index contributed by atoms with van der Waals surface area (Å²) in [6.07, 6.45) is 6.44. The molecule has 0 spiro atoms. The predicted molar refractivity (Wildman–Crippen MR) is 53.7 cm³/mol. The van der Waals surface area contributed by atoms with Gasteiger partial charge in [-0.05, 0) is 20.3 Å². The van der Waals surface area contributed by atoms with Gasteiger partial charge in [0.25, 0.3) is 0 Å². The lowest BCUT2D eigenvalue weighted by atomic mass is 10.1. The third-order valence-electron chi connectivity index (χ3n) is 2.56. The summed E-state index contributed by atoms with van der Waals surface area (Å²) in [6, 6.07) is 0. The normalized spacial score (nSPS) is 33.9. The topological polar surface area (TPSA) is 18.5 Å². The van der Waals surface area contributed by atoms with Crippen LogP contribution < -0.4 is 0 Å². The SMILES string of the molecule is CCCCCC[C@]1(C)OC[C@H](C)O1.